The fraction of sp³-hybridized carbons (Fsp3) is 0.625. The topological polar surface area (TPSA) is 135 Å². The summed E-state index contributed by atoms with van der Waals surface area (Å²) in [7, 11) is 3.32. The number of fused-ring (bicyclic) bond motifs is 1. The first-order valence-electron chi connectivity index (χ1n) is 15.1. The van der Waals surface area contributed by atoms with Crippen LogP contribution in [-0.4, -0.2) is 78.3 Å². The molecule has 1 heterocycles. The minimum Gasteiger partial charge on any atom is -0.361 e. The van der Waals surface area contributed by atoms with Crippen LogP contribution >= 0.6 is 0 Å². The number of aromatic nitrogens is 1. The van der Waals surface area contributed by atoms with E-state index in [0.29, 0.717) is 13.0 Å². The third-order valence-corrected chi connectivity index (χ3v) is 7.77. The molecule has 5 N–H and O–H groups in total. The van der Waals surface area contributed by atoms with Crippen molar-refractivity contribution in [2.75, 3.05) is 20.6 Å². The summed E-state index contributed by atoms with van der Waals surface area (Å²) in [6, 6.07) is 5.16. The molecule has 0 spiro atoms. The van der Waals surface area contributed by atoms with Crippen LogP contribution < -0.4 is 21.3 Å². The number of carbonyl (C=O) groups is 4. The lowest BCUT2D eigenvalue weighted by Gasteiger charge is -2.35. The van der Waals surface area contributed by atoms with Crippen LogP contribution in [0.15, 0.2) is 30.5 Å². The number of nitrogens with zero attached hydrogens (tertiary/aromatic N) is 1. The molecule has 1 aromatic heterocycles. The fourth-order valence-corrected chi connectivity index (χ4v) is 5.35. The molecule has 0 radical (unpaired) electrons. The minimum absolute atomic E-state index is 0.0333. The van der Waals surface area contributed by atoms with Gasteiger partial charge >= 0.3 is 0 Å². The van der Waals surface area contributed by atoms with Crippen molar-refractivity contribution in [1.29, 1.82) is 0 Å². The van der Waals surface area contributed by atoms with E-state index >= 15 is 0 Å². The van der Waals surface area contributed by atoms with Gasteiger partial charge in [-0.25, -0.2) is 0 Å². The van der Waals surface area contributed by atoms with Crippen LogP contribution in [-0.2, 0) is 25.6 Å². The van der Waals surface area contributed by atoms with Crippen molar-refractivity contribution in [3.63, 3.8) is 0 Å². The summed E-state index contributed by atoms with van der Waals surface area (Å²) in [4.78, 5) is 58.1. The predicted molar refractivity (Wildman–Crippen MR) is 168 cm³/mol. The summed E-state index contributed by atoms with van der Waals surface area (Å²) < 4.78 is 0. The van der Waals surface area contributed by atoms with Gasteiger partial charge in [0.15, 0.2) is 0 Å². The highest BCUT2D eigenvalue weighted by Crippen LogP contribution is 2.18. The molecule has 10 heteroatoms. The molecule has 1 aromatic carbocycles. The highest BCUT2D eigenvalue weighted by atomic mass is 16.2. The minimum atomic E-state index is -0.869. The standard InChI is InChI=1S/C32H52N6O4/c1-18(2)25(33-9)29(39)36-26(19(3)4)30(40)37-27(20(5)6)32(42)38(10)28(21(7)8)31(41)34-16-15-22-17-35-24-14-12-11-13-23(22)24/h11-14,17-21,25-28,33,35H,15-16H2,1-10H3,(H,34,41)(H,36,39)(H,37,40)/t25-,26+,27+,28+/m0/s1. The molecular formula is C32H52N6O4. The number of carbonyl (C=O) groups excluding carboxylic acids is 4. The Bertz CT molecular complexity index is 1200. The molecule has 0 aliphatic carbocycles. The molecule has 0 aliphatic rings. The van der Waals surface area contributed by atoms with Crippen LogP contribution in [0.5, 0.6) is 0 Å². The molecule has 2 rings (SSSR count). The normalized spacial score (nSPS) is 14.6. The van der Waals surface area contributed by atoms with Gasteiger partial charge in [0.25, 0.3) is 0 Å². The molecule has 0 saturated carbocycles. The van der Waals surface area contributed by atoms with Gasteiger partial charge in [0.2, 0.25) is 23.6 Å². The van der Waals surface area contributed by atoms with Crippen LogP contribution in [0.1, 0.15) is 61.0 Å². The van der Waals surface area contributed by atoms with Crippen LogP contribution in [0.4, 0.5) is 0 Å². The summed E-state index contributed by atoms with van der Waals surface area (Å²) in [6.45, 7) is 15.5. The molecule has 234 valence electrons. The lowest BCUT2D eigenvalue weighted by atomic mass is 9.96. The zero-order valence-electron chi connectivity index (χ0n) is 27.0. The lowest BCUT2D eigenvalue weighted by molar-refractivity contribution is -0.144. The van der Waals surface area contributed by atoms with Crippen molar-refractivity contribution >= 4 is 34.5 Å². The Hall–Kier alpha value is -3.40. The summed E-state index contributed by atoms with van der Waals surface area (Å²) in [6.07, 6.45) is 2.60. The molecule has 0 saturated heterocycles. The van der Waals surface area contributed by atoms with E-state index in [0.717, 1.165) is 16.5 Å². The second kappa shape index (κ2) is 15.7. The zero-order chi connectivity index (χ0) is 31.7. The molecular weight excluding hydrogens is 532 g/mol. The van der Waals surface area contributed by atoms with Crippen molar-refractivity contribution in [3.8, 4) is 0 Å². The fourth-order valence-electron chi connectivity index (χ4n) is 5.35. The van der Waals surface area contributed by atoms with Crippen LogP contribution in [0, 0.1) is 23.7 Å². The van der Waals surface area contributed by atoms with Crippen molar-refractivity contribution in [1.82, 2.24) is 31.2 Å². The summed E-state index contributed by atoms with van der Waals surface area (Å²) in [5, 5.41) is 12.9. The number of nitrogens with one attached hydrogen (secondary N) is 5. The molecule has 4 atom stereocenters. The second-order valence-corrected chi connectivity index (χ2v) is 12.5. The summed E-state index contributed by atoms with van der Waals surface area (Å²) >= 11 is 0. The average molecular weight is 585 g/mol. The SMILES string of the molecule is CN[C@H](C(=O)N[C@@H](C(=O)N[C@@H](C(=O)N(C)[C@@H](C(=O)NCCc1c[nH]c2ccccc12)C(C)C)C(C)C)C(C)C)C(C)C. The van der Waals surface area contributed by atoms with Gasteiger partial charge in [-0.2, -0.15) is 0 Å². The quantitative estimate of drug-likeness (QED) is 0.219. The van der Waals surface area contributed by atoms with Gasteiger partial charge in [-0.1, -0.05) is 73.6 Å². The van der Waals surface area contributed by atoms with E-state index in [9.17, 15) is 19.2 Å². The number of para-hydroxylation sites is 1. The third kappa shape index (κ3) is 8.80. The first-order valence-corrected chi connectivity index (χ1v) is 15.1. The van der Waals surface area contributed by atoms with E-state index in [1.54, 1.807) is 14.1 Å². The molecule has 42 heavy (non-hydrogen) atoms. The Morgan fingerprint density at radius 3 is 1.86 bits per heavy atom. The predicted octanol–water partition coefficient (Wildman–Crippen LogP) is 2.84. The Morgan fingerprint density at radius 1 is 0.762 bits per heavy atom. The number of rotatable bonds is 15. The molecule has 4 amide bonds. The van der Waals surface area contributed by atoms with Crippen LogP contribution in [0.25, 0.3) is 10.9 Å². The molecule has 10 nitrogen and oxygen atoms in total. The molecule has 0 aliphatic heterocycles. The monoisotopic (exact) mass is 584 g/mol. The smallest absolute Gasteiger partial charge is 0.245 e. The number of aromatic amines is 1. The van der Waals surface area contributed by atoms with E-state index in [-0.39, 0.29) is 41.4 Å². The van der Waals surface area contributed by atoms with Gasteiger partial charge in [0.1, 0.15) is 18.1 Å². The van der Waals surface area contributed by atoms with Gasteiger partial charge in [-0.15, -0.1) is 0 Å². The maximum absolute atomic E-state index is 13.8. The largest absolute Gasteiger partial charge is 0.361 e. The van der Waals surface area contributed by atoms with Gasteiger partial charge in [0, 0.05) is 30.7 Å². The number of likely N-dealkylation sites (N-methyl/N-ethyl adjacent to an activating group) is 2. The number of benzene rings is 1. The van der Waals surface area contributed by atoms with E-state index in [2.05, 4.69) is 26.3 Å². The van der Waals surface area contributed by atoms with E-state index in [1.807, 2.05) is 85.9 Å². The summed E-state index contributed by atoms with van der Waals surface area (Å²) in [5.41, 5.74) is 2.16. The Kier molecular flexibility index (Phi) is 13.0. The van der Waals surface area contributed by atoms with Crippen molar-refractivity contribution in [3.05, 3.63) is 36.0 Å². The molecule has 0 bridgehead atoms. The lowest BCUT2D eigenvalue weighted by Crippen LogP contribution is -2.61. The second-order valence-electron chi connectivity index (χ2n) is 12.5. The molecule has 0 fully saturated rings. The van der Waals surface area contributed by atoms with Crippen molar-refractivity contribution in [2.45, 2.75) is 86.0 Å². The first-order chi connectivity index (χ1) is 19.7. The van der Waals surface area contributed by atoms with Crippen LogP contribution in [0.3, 0.4) is 0 Å². The third-order valence-electron chi connectivity index (χ3n) is 7.77. The summed E-state index contributed by atoms with van der Waals surface area (Å²) in [5.74, 6) is -1.87. The van der Waals surface area contributed by atoms with Crippen molar-refractivity contribution < 1.29 is 19.2 Å². The Morgan fingerprint density at radius 2 is 1.31 bits per heavy atom. The Balaban J connectivity index is 2.12. The molecule has 2 aromatic rings. The van der Waals surface area contributed by atoms with Gasteiger partial charge < -0.3 is 31.2 Å². The Labute approximate surface area is 251 Å². The van der Waals surface area contributed by atoms with E-state index in [1.165, 1.54) is 4.90 Å². The maximum atomic E-state index is 13.8. The van der Waals surface area contributed by atoms with E-state index in [4.69, 9.17) is 0 Å². The number of hydrogen-bond acceptors (Lipinski definition) is 5. The van der Waals surface area contributed by atoms with Gasteiger partial charge in [0.05, 0.1) is 6.04 Å². The van der Waals surface area contributed by atoms with E-state index < -0.39 is 30.1 Å². The van der Waals surface area contributed by atoms with Gasteiger partial charge in [-0.05, 0) is 48.8 Å². The van der Waals surface area contributed by atoms with Crippen LogP contribution in [0.2, 0.25) is 0 Å². The van der Waals surface area contributed by atoms with Gasteiger partial charge in [-0.3, -0.25) is 19.2 Å². The highest BCUT2D eigenvalue weighted by Gasteiger charge is 2.37. The highest BCUT2D eigenvalue weighted by molar-refractivity contribution is 5.95. The maximum Gasteiger partial charge on any atom is 0.245 e. The first kappa shape index (κ1) is 34.8. The number of amides is 4. The molecule has 0 unspecified atom stereocenters. The zero-order valence-corrected chi connectivity index (χ0v) is 27.0. The number of hydrogen-bond donors (Lipinski definition) is 5. The number of H-pyrrole nitrogens is 1. The van der Waals surface area contributed by atoms with Crippen molar-refractivity contribution in [2.24, 2.45) is 23.7 Å². The average Bonchev–Trinajstić information content (AvgIpc) is 3.32.